The number of pyridine rings is 1. The summed E-state index contributed by atoms with van der Waals surface area (Å²) >= 11 is 0. The summed E-state index contributed by atoms with van der Waals surface area (Å²) in [6.45, 7) is 1.72. The lowest BCUT2D eigenvalue weighted by molar-refractivity contribution is 0.0589. The number of fused-ring (bicyclic) bond motifs is 4. The molecule has 1 unspecified atom stereocenters. The molecule has 1 atom stereocenters. The number of aliphatic hydroxyl groups excluding tert-OH is 1. The lowest BCUT2D eigenvalue weighted by Gasteiger charge is -2.42. The van der Waals surface area contributed by atoms with Crippen molar-refractivity contribution in [3.8, 4) is 5.75 Å². The molecule has 2 aliphatic rings. The van der Waals surface area contributed by atoms with Crippen LogP contribution in [-0.4, -0.2) is 46.5 Å². The fraction of sp³-hybridized carbons (Fsp3) is 0.368. The van der Waals surface area contributed by atoms with Crippen LogP contribution in [0.1, 0.15) is 28.9 Å². The van der Waals surface area contributed by atoms with E-state index < -0.39 is 6.10 Å². The first-order valence-corrected chi connectivity index (χ1v) is 8.78. The van der Waals surface area contributed by atoms with Crippen molar-refractivity contribution < 1.29 is 14.6 Å². The Kier molecular flexibility index (Phi) is 4.38. The minimum absolute atomic E-state index is 0.0807. The number of amides is 1. The molecule has 0 radical (unpaired) electrons. The van der Waals surface area contributed by atoms with Gasteiger partial charge in [-0.2, -0.15) is 0 Å². The molecule has 7 nitrogen and oxygen atoms in total. The Morgan fingerprint density at radius 1 is 1.08 bits per heavy atom. The average Bonchev–Trinajstić information content (AvgIpc) is 2.65. The Labute approximate surface area is 151 Å². The van der Waals surface area contributed by atoms with Gasteiger partial charge in [-0.3, -0.25) is 19.3 Å². The van der Waals surface area contributed by atoms with Crippen molar-refractivity contribution in [2.75, 3.05) is 24.8 Å². The van der Waals surface area contributed by atoms with Gasteiger partial charge in [-0.05, 0) is 18.4 Å². The zero-order valence-electron chi connectivity index (χ0n) is 14.4. The van der Waals surface area contributed by atoms with E-state index in [4.69, 9.17) is 4.74 Å². The standard InChI is InChI=1S/C19H21N3O4/c23-15-6-9-20-13-21(10-7-15)22-11-8-16(24)18(17(22)19(20)25)26-12-14-4-2-1-3-5-14/h1-5,8,11,15,23H,6-7,9-10,12-13H2. The SMILES string of the molecule is O=C1c2c(OCc3ccccc3)c(=O)ccn2N2CCC(O)CCN1C2. The van der Waals surface area contributed by atoms with Gasteiger partial charge in [0.05, 0.1) is 6.10 Å². The number of ether oxygens (including phenoxy) is 1. The highest BCUT2D eigenvalue weighted by Crippen LogP contribution is 2.24. The molecule has 0 aliphatic carbocycles. The first kappa shape index (κ1) is 16.7. The number of hydrogen-bond acceptors (Lipinski definition) is 5. The average molecular weight is 355 g/mol. The Hall–Kier alpha value is -2.80. The maximum Gasteiger partial charge on any atom is 0.277 e. The quantitative estimate of drug-likeness (QED) is 0.887. The lowest BCUT2D eigenvalue weighted by Crippen LogP contribution is -2.56. The Bertz CT molecular complexity index is 865. The number of aliphatic hydroxyl groups is 1. The molecule has 2 aliphatic heterocycles. The molecule has 0 saturated carbocycles. The Morgan fingerprint density at radius 2 is 1.85 bits per heavy atom. The van der Waals surface area contributed by atoms with Gasteiger partial charge in [0.1, 0.15) is 13.3 Å². The maximum atomic E-state index is 13.0. The van der Waals surface area contributed by atoms with Crippen LogP contribution in [0.3, 0.4) is 0 Å². The Morgan fingerprint density at radius 3 is 2.65 bits per heavy atom. The van der Waals surface area contributed by atoms with Gasteiger partial charge in [0, 0.05) is 25.4 Å². The number of aromatic nitrogens is 1. The fourth-order valence-corrected chi connectivity index (χ4v) is 3.39. The van der Waals surface area contributed by atoms with Gasteiger partial charge in [0.25, 0.3) is 5.91 Å². The fourth-order valence-electron chi connectivity index (χ4n) is 3.39. The van der Waals surface area contributed by atoms with Crippen molar-refractivity contribution in [3.63, 3.8) is 0 Å². The third-order valence-corrected chi connectivity index (χ3v) is 4.84. The van der Waals surface area contributed by atoms with Crippen LogP contribution in [0.4, 0.5) is 0 Å². The number of carbonyl (C=O) groups is 1. The predicted octanol–water partition coefficient (Wildman–Crippen LogP) is 0.933. The second-order valence-corrected chi connectivity index (χ2v) is 6.65. The number of carbonyl (C=O) groups excluding carboxylic acids is 1. The predicted molar refractivity (Wildman–Crippen MR) is 95.7 cm³/mol. The van der Waals surface area contributed by atoms with E-state index >= 15 is 0 Å². The van der Waals surface area contributed by atoms with Crippen molar-refractivity contribution >= 4 is 5.91 Å². The number of hydrogen-bond donors (Lipinski definition) is 1. The highest BCUT2D eigenvalue weighted by Gasteiger charge is 2.34. The van der Waals surface area contributed by atoms with E-state index in [9.17, 15) is 14.7 Å². The molecule has 1 N–H and O–H groups in total. The second-order valence-electron chi connectivity index (χ2n) is 6.65. The van der Waals surface area contributed by atoms with Crippen LogP contribution in [0.25, 0.3) is 0 Å². The molecule has 1 aromatic heterocycles. The van der Waals surface area contributed by atoms with Crippen LogP contribution in [0, 0.1) is 0 Å². The number of nitrogens with zero attached hydrogens (tertiary/aromatic N) is 3. The van der Waals surface area contributed by atoms with Crippen molar-refractivity contribution in [3.05, 3.63) is 64.1 Å². The molecule has 1 saturated heterocycles. The molecule has 7 heteroatoms. The van der Waals surface area contributed by atoms with Gasteiger partial charge < -0.3 is 14.7 Å². The van der Waals surface area contributed by atoms with Crippen molar-refractivity contribution in [1.29, 1.82) is 0 Å². The highest BCUT2D eigenvalue weighted by atomic mass is 16.5. The topological polar surface area (TPSA) is 75.0 Å². The van der Waals surface area contributed by atoms with Gasteiger partial charge in [-0.15, -0.1) is 0 Å². The largest absolute Gasteiger partial charge is 0.482 e. The summed E-state index contributed by atoms with van der Waals surface area (Å²) in [4.78, 5) is 27.0. The Balaban J connectivity index is 1.71. The van der Waals surface area contributed by atoms with Crippen LogP contribution in [0.15, 0.2) is 47.4 Å². The van der Waals surface area contributed by atoms with Gasteiger partial charge in [0.15, 0.2) is 11.4 Å². The van der Waals surface area contributed by atoms with Gasteiger partial charge in [-0.1, -0.05) is 30.3 Å². The minimum Gasteiger partial charge on any atom is -0.482 e. The van der Waals surface area contributed by atoms with E-state index in [-0.39, 0.29) is 29.4 Å². The second kappa shape index (κ2) is 6.84. The number of rotatable bonds is 3. The molecule has 2 bridgehead atoms. The van der Waals surface area contributed by atoms with E-state index in [1.165, 1.54) is 6.07 Å². The first-order valence-electron chi connectivity index (χ1n) is 8.78. The summed E-state index contributed by atoms with van der Waals surface area (Å²) in [7, 11) is 0. The van der Waals surface area contributed by atoms with E-state index in [2.05, 4.69) is 0 Å². The van der Waals surface area contributed by atoms with Crippen molar-refractivity contribution in [2.45, 2.75) is 25.6 Å². The van der Waals surface area contributed by atoms with Crippen molar-refractivity contribution in [2.24, 2.45) is 0 Å². The first-order chi connectivity index (χ1) is 12.6. The molecule has 0 spiro atoms. The zero-order valence-corrected chi connectivity index (χ0v) is 14.4. The molecule has 4 rings (SSSR count). The molecule has 3 heterocycles. The van der Waals surface area contributed by atoms with Gasteiger partial charge in [0.2, 0.25) is 5.43 Å². The van der Waals surface area contributed by atoms with E-state index in [1.54, 1.807) is 15.8 Å². The molecular weight excluding hydrogens is 334 g/mol. The van der Waals surface area contributed by atoms with Gasteiger partial charge >= 0.3 is 0 Å². The van der Waals surface area contributed by atoms with Crippen LogP contribution in [-0.2, 0) is 6.61 Å². The summed E-state index contributed by atoms with van der Waals surface area (Å²) in [5.74, 6) is -0.159. The molecule has 1 fully saturated rings. The molecule has 1 amide bonds. The molecule has 2 aromatic rings. The number of benzene rings is 1. The van der Waals surface area contributed by atoms with Crippen LogP contribution < -0.4 is 15.2 Å². The lowest BCUT2D eigenvalue weighted by atomic mass is 10.1. The molecular formula is C19H21N3O4. The minimum atomic E-state index is -0.428. The van der Waals surface area contributed by atoms with Gasteiger partial charge in [-0.25, -0.2) is 0 Å². The van der Waals surface area contributed by atoms with E-state index in [0.717, 1.165) is 5.56 Å². The smallest absolute Gasteiger partial charge is 0.277 e. The molecule has 1 aromatic carbocycles. The summed E-state index contributed by atoms with van der Waals surface area (Å²) in [6, 6.07) is 11.0. The normalized spacial score (nSPS) is 19.6. The van der Waals surface area contributed by atoms with Crippen LogP contribution >= 0.6 is 0 Å². The summed E-state index contributed by atoms with van der Waals surface area (Å²) < 4.78 is 7.49. The molecule has 26 heavy (non-hydrogen) atoms. The van der Waals surface area contributed by atoms with Crippen LogP contribution in [0.2, 0.25) is 0 Å². The summed E-state index contributed by atoms with van der Waals surface area (Å²) in [5.41, 5.74) is 0.881. The maximum absolute atomic E-state index is 13.0. The van der Waals surface area contributed by atoms with Crippen LogP contribution in [0.5, 0.6) is 5.75 Å². The summed E-state index contributed by atoms with van der Waals surface area (Å²) in [5, 5.41) is 11.9. The summed E-state index contributed by atoms with van der Waals surface area (Å²) in [6.07, 6.45) is 2.34. The third kappa shape index (κ3) is 3.06. The van der Waals surface area contributed by atoms with Crippen molar-refractivity contribution in [1.82, 2.24) is 9.58 Å². The molecule has 136 valence electrons. The highest BCUT2D eigenvalue weighted by molar-refractivity contribution is 5.96. The van der Waals surface area contributed by atoms with E-state index in [1.807, 2.05) is 35.3 Å². The van der Waals surface area contributed by atoms with E-state index in [0.29, 0.717) is 32.6 Å². The monoisotopic (exact) mass is 355 g/mol. The third-order valence-electron chi connectivity index (χ3n) is 4.84. The zero-order chi connectivity index (χ0) is 18.1.